The van der Waals surface area contributed by atoms with Crippen molar-refractivity contribution in [3.63, 3.8) is 0 Å². The van der Waals surface area contributed by atoms with E-state index in [9.17, 15) is 9.59 Å². The highest BCUT2D eigenvalue weighted by atomic mass is 35.5. The molecule has 0 aliphatic carbocycles. The lowest BCUT2D eigenvalue weighted by molar-refractivity contribution is -0.120. The van der Waals surface area contributed by atoms with Crippen LogP contribution in [0.2, 0.25) is 0 Å². The molecule has 0 bridgehead atoms. The summed E-state index contributed by atoms with van der Waals surface area (Å²) in [6.45, 7) is 1.26. The van der Waals surface area contributed by atoms with Crippen molar-refractivity contribution in [1.29, 1.82) is 0 Å². The van der Waals surface area contributed by atoms with Crippen LogP contribution in [0.1, 0.15) is 22.3 Å². The number of nitrogens with zero attached hydrogens (tertiary/aromatic N) is 1. The van der Waals surface area contributed by atoms with Gasteiger partial charge in [0.15, 0.2) is 0 Å². The molecule has 1 rings (SSSR count). The number of carbonyl (C=O) groups excluding carboxylic acids is 2. The second-order valence-corrected chi connectivity index (χ2v) is 4.85. The van der Waals surface area contributed by atoms with E-state index in [1.807, 2.05) is 25.2 Å². The van der Waals surface area contributed by atoms with Gasteiger partial charge in [-0.25, -0.2) is 0 Å². The minimum atomic E-state index is -0.00935. The molecule has 1 aromatic rings. The first-order valence-electron chi connectivity index (χ1n) is 6.76. The van der Waals surface area contributed by atoms with Crippen molar-refractivity contribution < 1.29 is 9.59 Å². The molecular formula is C15H24ClN3O2. The van der Waals surface area contributed by atoms with Crippen LogP contribution in [0.5, 0.6) is 0 Å². The summed E-state index contributed by atoms with van der Waals surface area (Å²) in [5.41, 5.74) is 1.72. The monoisotopic (exact) mass is 313 g/mol. The Morgan fingerprint density at radius 2 is 1.90 bits per heavy atom. The van der Waals surface area contributed by atoms with Crippen molar-refractivity contribution in [1.82, 2.24) is 15.5 Å². The summed E-state index contributed by atoms with van der Waals surface area (Å²) in [5.74, 6) is 0.0322. The Morgan fingerprint density at radius 1 is 1.19 bits per heavy atom. The number of carbonyl (C=O) groups is 2. The molecule has 118 valence electrons. The number of hydrogen-bond acceptors (Lipinski definition) is 3. The van der Waals surface area contributed by atoms with E-state index in [2.05, 4.69) is 10.6 Å². The number of rotatable bonds is 7. The first kappa shape index (κ1) is 19.4. The Balaban J connectivity index is 0.00000400. The van der Waals surface area contributed by atoms with E-state index in [4.69, 9.17) is 0 Å². The molecule has 0 radical (unpaired) electrons. The molecule has 0 aliphatic rings. The number of nitrogens with one attached hydrogen (secondary N) is 2. The van der Waals surface area contributed by atoms with Gasteiger partial charge < -0.3 is 15.5 Å². The molecule has 0 aliphatic heterocycles. The van der Waals surface area contributed by atoms with E-state index in [1.165, 1.54) is 0 Å². The van der Waals surface area contributed by atoms with Crippen LogP contribution in [0, 0.1) is 0 Å². The normalized spacial score (nSPS) is 9.67. The van der Waals surface area contributed by atoms with Crippen molar-refractivity contribution in [2.45, 2.75) is 12.8 Å². The molecule has 2 amide bonds. The largest absolute Gasteiger partial charge is 0.356 e. The van der Waals surface area contributed by atoms with Crippen molar-refractivity contribution >= 4 is 24.2 Å². The average molecular weight is 314 g/mol. The minimum absolute atomic E-state index is 0. The topological polar surface area (TPSA) is 61.4 Å². The summed E-state index contributed by atoms with van der Waals surface area (Å²) in [7, 11) is 5.29. The fourth-order valence-corrected chi connectivity index (χ4v) is 1.79. The highest BCUT2D eigenvalue weighted by Gasteiger charge is 2.08. The zero-order valence-corrected chi connectivity index (χ0v) is 13.6. The molecule has 0 saturated carbocycles. The zero-order chi connectivity index (χ0) is 15.0. The van der Waals surface area contributed by atoms with Gasteiger partial charge >= 0.3 is 0 Å². The predicted octanol–water partition coefficient (Wildman–Crippen LogP) is 1.08. The first-order chi connectivity index (χ1) is 9.54. The fourth-order valence-electron chi connectivity index (χ4n) is 1.79. The van der Waals surface area contributed by atoms with Gasteiger partial charge in [0, 0.05) is 39.2 Å². The van der Waals surface area contributed by atoms with Gasteiger partial charge in [-0.1, -0.05) is 12.1 Å². The summed E-state index contributed by atoms with van der Waals surface area (Å²) >= 11 is 0. The highest BCUT2D eigenvalue weighted by Crippen LogP contribution is 2.07. The van der Waals surface area contributed by atoms with Gasteiger partial charge in [-0.05, 0) is 31.2 Å². The Bertz CT molecular complexity index is 464. The molecule has 1 aromatic carbocycles. The molecule has 6 heteroatoms. The maximum atomic E-state index is 11.8. The lowest BCUT2D eigenvalue weighted by Crippen LogP contribution is -2.28. The third-order valence-electron chi connectivity index (χ3n) is 2.92. The van der Waals surface area contributed by atoms with Gasteiger partial charge in [0.1, 0.15) is 0 Å². The minimum Gasteiger partial charge on any atom is -0.356 e. The van der Waals surface area contributed by atoms with Crippen LogP contribution in [0.4, 0.5) is 0 Å². The van der Waals surface area contributed by atoms with Crippen LogP contribution in [0.25, 0.3) is 0 Å². The average Bonchev–Trinajstić information content (AvgIpc) is 2.44. The molecule has 5 nitrogen and oxygen atoms in total. The zero-order valence-electron chi connectivity index (χ0n) is 12.8. The quantitative estimate of drug-likeness (QED) is 0.792. The van der Waals surface area contributed by atoms with E-state index in [0.29, 0.717) is 25.1 Å². The molecular weight excluding hydrogens is 290 g/mol. The van der Waals surface area contributed by atoms with Crippen LogP contribution >= 0.6 is 12.4 Å². The van der Waals surface area contributed by atoms with E-state index < -0.39 is 0 Å². The van der Waals surface area contributed by atoms with E-state index >= 15 is 0 Å². The Morgan fingerprint density at radius 3 is 2.52 bits per heavy atom. The van der Waals surface area contributed by atoms with Crippen molar-refractivity contribution in [3.05, 3.63) is 35.4 Å². The van der Waals surface area contributed by atoms with E-state index in [0.717, 1.165) is 12.0 Å². The summed E-state index contributed by atoms with van der Waals surface area (Å²) in [4.78, 5) is 24.8. The van der Waals surface area contributed by atoms with Crippen LogP contribution < -0.4 is 10.6 Å². The van der Waals surface area contributed by atoms with Gasteiger partial charge in [0.2, 0.25) is 5.91 Å². The van der Waals surface area contributed by atoms with Crippen molar-refractivity contribution in [2.24, 2.45) is 0 Å². The molecule has 0 saturated heterocycles. The molecule has 0 unspecified atom stereocenters. The molecule has 0 heterocycles. The van der Waals surface area contributed by atoms with Crippen LogP contribution in [0.15, 0.2) is 24.3 Å². The van der Waals surface area contributed by atoms with E-state index in [-0.39, 0.29) is 24.2 Å². The summed E-state index contributed by atoms with van der Waals surface area (Å²) in [6, 6.07) is 7.51. The third-order valence-corrected chi connectivity index (χ3v) is 2.92. The predicted molar refractivity (Wildman–Crippen MR) is 87.0 cm³/mol. The lowest BCUT2D eigenvalue weighted by Gasteiger charge is -2.11. The van der Waals surface area contributed by atoms with Crippen molar-refractivity contribution in [2.75, 3.05) is 34.2 Å². The Kier molecular flexibility index (Phi) is 9.41. The van der Waals surface area contributed by atoms with Gasteiger partial charge in [0.25, 0.3) is 5.91 Å². The maximum Gasteiger partial charge on any atom is 0.253 e. The molecule has 2 N–H and O–H groups in total. The smallest absolute Gasteiger partial charge is 0.253 e. The van der Waals surface area contributed by atoms with Gasteiger partial charge in [-0.15, -0.1) is 12.4 Å². The summed E-state index contributed by atoms with van der Waals surface area (Å²) < 4.78 is 0. The summed E-state index contributed by atoms with van der Waals surface area (Å²) in [5, 5.41) is 5.80. The molecule has 0 aromatic heterocycles. The number of hydrogen-bond donors (Lipinski definition) is 2. The van der Waals surface area contributed by atoms with Crippen LogP contribution in [-0.4, -0.2) is 50.9 Å². The third kappa shape index (κ3) is 7.11. The molecule has 0 atom stereocenters. The second kappa shape index (κ2) is 10.2. The van der Waals surface area contributed by atoms with Crippen molar-refractivity contribution in [3.8, 4) is 0 Å². The molecule has 0 spiro atoms. The number of halogens is 1. The van der Waals surface area contributed by atoms with Crippen LogP contribution in [-0.2, 0) is 11.2 Å². The number of benzene rings is 1. The SMILES string of the molecule is CNCCC(=O)NCCc1cccc(C(=O)N(C)C)c1.Cl. The fraction of sp³-hybridized carbons (Fsp3) is 0.467. The van der Waals surface area contributed by atoms with Gasteiger partial charge in [-0.3, -0.25) is 9.59 Å². The standard InChI is InChI=1S/C15H23N3O2.ClH/c1-16-9-8-14(19)17-10-7-12-5-4-6-13(11-12)15(20)18(2)3;/h4-6,11,16H,7-10H2,1-3H3,(H,17,19);1H. The van der Waals surface area contributed by atoms with Gasteiger partial charge in [0.05, 0.1) is 0 Å². The molecule has 21 heavy (non-hydrogen) atoms. The molecule has 0 fully saturated rings. The highest BCUT2D eigenvalue weighted by molar-refractivity contribution is 5.94. The van der Waals surface area contributed by atoms with Gasteiger partial charge in [-0.2, -0.15) is 0 Å². The van der Waals surface area contributed by atoms with Crippen LogP contribution in [0.3, 0.4) is 0 Å². The summed E-state index contributed by atoms with van der Waals surface area (Å²) in [6.07, 6.45) is 1.20. The lowest BCUT2D eigenvalue weighted by atomic mass is 10.1. The first-order valence-corrected chi connectivity index (χ1v) is 6.76. The maximum absolute atomic E-state index is 11.8. The number of amides is 2. The Hall–Kier alpha value is -1.59. The second-order valence-electron chi connectivity index (χ2n) is 4.85. The van der Waals surface area contributed by atoms with E-state index in [1.54, 1.807) is 25.1 Å². The Labute approximate surface area is 132 Å².